The summed E-state index contributed by atoms with van der Waals surface area (Å²) >= 11 is 0. The molecule has 2 fully saturated rings. The van der Waals surface area contributed by atoms with E-state index in [4.69, 9.17) is 0 Å². The zero-order valence-corrected chi connectivity index (χ0v) is 14.5. The van der Waals surface area contributed by atoms with Crippen molar-refractivity contribution in [2.45, 2.75) is 64.0 Å². The van der Waals surface area contributed by atoms with Gasteiger partial charge in [-0.3, -0.25) is 9.59 Å². The number of carbonyl (C=O) groups is 2. The molecule has 3 atom stereocenters. The van der Waals surface area contributed by atoms with Crippen LogP contribution in [0.5, 0.6) is 0 Å². The van der Waals surface area contributed by atoms with Crippen LogP contribution in [0, 0.1) is 5.92 Å². The van der Waals surface area contributed by atoms with Crippen LogP contribution in [0.1, 0.15) is 63.5 Å². The largest absolute Gasteiger partial charge is 0.349 e. The van der Waals surface area contributed by atoms with Crippen molar-refractivity contribution in [3.05, 3.63) is 35.9 Å². The second-order valence-electron chi connectivity index (χ2n) is 7.21. The van der Waals surface area contributed by atoms with Gasteiger partial charge in [0.15, 0.2) is 0 Å². The van der Waals surface area contributed by atoms with Gasteiger partial charge in [0.05, 0.1) is 12.5 Å². The smallest absolute Gasteiger partial charge is 0.225 e. The molecular weight excluding hydrogens is 300 g/mol. The van der Waals surface area contributed by atoms with Crippen LogP contribution in [0.25, 0.3) is 0 Å². The van der Waals surface area contributed by atoms with E-state index in [1.165, 1.54) is 32.6 Å². The summed E-state index contributed by atoms with van der Waals surface area (Å²) in [7, 11) is 0. The van der Waals surface area contributed by atoms with Gasteiger partial charge in [-0.15, -0.1) is 0 Å². The van der Waals surface area contributed by atoms with Crippen LogP contribution in [-0.2, 0) is 9.59 Å². The highest BCUT2D eigenvalue weighted by Crippen LogP contribution is 2.36. The molecule has 1 aromatic carbocycles. The Kier molecular flexibility index (Phi) is 5.54. The fourth-order valence-corrected chi connectivity index (χ4v) is 4.41. The summed E-state index contributed by atoms with van der Waals surface area (Å²) in [6, 6.07) is 10.0. The number of carbonyl (C=O) groups excluding carboxylic acids is 2. The molecule has 1 saturated carbocycles. The molecule has 1 heterocycles. The molecule has 0 bridgehead atoms. The standard InChI is InChI=1S/C20H28N2O2/c1-15(23)21-18(16-8-3-2-4-9-16)14-20(24)22-13-7-11-17-10-5-6-12-19(17)22/h2-4,8-9,17-19H,5-7,10-14H2,1H3,(H,21,23). The normalized spacial score (nSPS) is 24.8. The zero-order valence-electron chi connectivity index (χ0n) is 14.5. The Labute approximate surface area is 144 Å². The van der Waals surface area contributed by atoms with Crippen molar-refractivity contribution in [3.8, 4) is 0 Å². The summed E-state index contributed by atoms with van der Waals surface area (Å²) < 4.78 is 0. The highest BCUT2D eigenvalue weighted by Gasteiger charge is 2.36. The van der Waals surface area contributed by atoms with Crippen molar-refractivity contribution in [1.82, 2.24) is 10.2 Å². The molecule has 0 spiro atoms. The number of benzene rings is 1. The predicted octanol–water partition coefficient (Wildman–Crippen LogP) is 3.44. The number of hydrogen-bond donors (Lipinski definition) is 1. The number of rotatable bonds is 4. The van der Waals surface area contributed by atoms with E-state index in [1.54, 1.807) is 0 Å². The summed E-state index contributed by atoms with van der Waals surface area (Å²) in [5.41, 5.74) is 0.998. The summed E-state index contributed by atoms with van der Waals surface area (Å²) in [6.45, 7) is 2.39. The topological polar surface area (TPSA) is 49.4 Å². The SMILES string of the molecule is CC(=O)NC(CC(=O)N1CCCC2CCCCC21)c1ccccc1. The molecule has 0 aromatic heterocycles. The van der Waals surface area contributed by atoms with Gasteiger partial charge in [0.2, 0.25) is 11.8 Å². The van der Waals surface area contributed by atoms with Crippen molar-refractivity contribution in [2.75, 3.05) is 6.54 Å². The Hall–Kier alpha value is -1.84. The third kappa shape index (κ3) is 3.97. The van der Waals surface area contributed by atoms with E-state index in [0.717, 1.165) is 24.9 Å². The van der Waals surface area contributed by atoms with Crippen LogP contribution < -0.4 is 5.32 Å². The molecule has 1 saturated heterocycles. The van der Waals surface area contributed by atoms with Crippen LogP contribution in [0.4, 0.5) is 0 Å². The number of fused-ring (bicyclic) bond motifs is 1. The quantitative estimate of drug-likeness (QED) is 0.920. The van der Waals surface area contributed by atoms with Gasteiger partial charge < -0.3 is 10.2 Å². The van der Waals surface area contributed by atoms with Crippen LogP contribution in [0.3, 0.4) is 0 Å². The number of nitrogens with one attached hydrogen (secondary N) is 1. The first-order valence-electron chi connectivity index (χ1n) is 9.26. The van der Waals surface area contributed by atoms with E-state index in [-0.39, 0.29) is 17.9 Å². The summed E-state index contributed by atoms with van der Waals surface area (Å²) in [4.78, 5) is 26.7. The zero-order chi connectivity index (χ0) is 16.9. The van der Waals surface area contributed by atoms with Crippen molar-refractivity contribution in [2.24, 2.45) is 5.92 Å². The molecule has 24 heavy (non-hydrogen) atoms. The highest BCUT2D eigenvalue weighted by molar-refractivity contribution is 5.79. The number of amides is 2. The van der Waals surface area contributed by atoms with E-state index in [1.807, 2.05) is 30.3 Å². The van der Waals surface area contributed by atoms with Crippen LogP contribution in [0.15, 0.2) is 30.3 Å². The minimum atomic E-state index is -0.236. The fraction of sp³-hybridized carbons (Fsp3) is 0.600. The first-order chi connectivity index (χ1) is 11.6. The molecule has 1 aliphatic heterocycles. The van der Waals surface area contributed by atoms with Gasteiger partial charge in [0.1, 0.15) is 0 Å². The minimum Gasteiger partial charge on any atom is -0.349 e. The Morgan fingerprint density at radius 2 is 1.83 bits per heavy atom. The molecule has 1 aliphatic carbocycles. The summed E-state index contributed by atoms with van der Waals surface area (Å²) in [6.07, 6.45) is 7.69. The lowest BCUT2D eigenvalue weighted by Crippen LogP contribution is -2.50. The minimum absolute atomic E-state index is 0.0918. The maximum atomic E-state index is 13.0. The van der Waals surface area contributed by atoms with Crippen molar-refractivity contribution in [3.63, 3.8) is 0 Å². The van der Waals surface area contributed by atoms with Crippen molar-refractivity contribution in [1.29, 1.82) is 0 Å². The number of nitrogens with zero attached hydrogens (tertiary/aromatic N) is 1. The fourth-order valence-electron chi connectivity index (χ4n) is 4.41. The maximum absolute atomic E-state index is 13.0. The van der Waals surface area contributed by atoms with Gasteiger partial charge in [-0.2, -0.15) is 0 Å². The van der Waals surface area contributed by atoms with E-state index >= 15 is 0 Å². The molecule has 3 rings (SSSR count). The molecule has 2 aliphatic rings. The summed E-state index contributed by atoms with van der Waals surface area (Å²) in [5, 5.41) is 2.95. The van der Waals surface area contributed by atoms with Gasteiger partial charge in [-0.1, -0.05) is 43.2 Å². The number of likely N-dealkylation sites (tertiary alicyclic amines) is 1. The molecule has 4 nitrogen and oxygen atoms in total. The Bertz CT molecular complexity index is 570. The molecule has 0 radical (unpaired) electrons. The lowest BCUT2D eigenvalue weighted by Gasteiger charge is -2.44. The lowest BCUT2D eigenvalue weighted by molar-refractivity contribution is -0.138. The third-order valence-corrected chi connectivity index (χ3v) is 5.52. The summed E-state index contributed by atoms with van der Waals surface area (Å²) in [5.74, 6) is 0.785. The second-order valence-corrected chi connectivity index (χ2v) is 7.21. The molecular formula is C20H28N2O2. The molecule has 4 heteroatoms. The van der Waals surface area contributed by atoms with E-state index in [2.05, 4.69) is 10.2 Å². The number of piperidine rings is 1. The van der Waals surface area contributed by atoms with Crippen LogP contribution >= 0.6 is 0 Å². The van der Waals surface area contributed by atoms with E-state index in [0.29, 0.717) is 18.4 Å². The molecule has 3 unspecified atom stereocenters. The Morgan fingerprint density at radius 3 is 2.58 bits per heavy atom. The van der Waals surface area contributed by atoms with E-state index in [9.17, 15) is 9.59 Å². The van der Waals surface area contributed by atoms with Crippen molar-refractivity contribution < 1.29 is 9.59 Å². The van der Waals surface area contributed by atoms with Gasteiger partial charge in [-0.05, 0) is 37.2 Å². The third-order valence-electron chi connectivity index (χ3n) is 5.52. The van der Waals surface area contributed by atoms with E-state index < -0.39 is 0 Å². The molecule has 1 aromatic rings. The van der Waals surface area contributed by atoms with Gasteiger partial charge in [0.25, 0.3) is 0 Å². The average molecular weight is 328 g/mol. The average Bonchev–Trinajstić information content (AvgIpc) is 2.61. The first-order valence-corrected chi connectivity index (χ1v) is 9.26. The number of hydrogen-bond acceptors (Lipinski definition) is 2. The molecule has 1 N–H and O–H groups in total. The molecule has 130 valence electrons. The predicted molar refractivity (Wildman–Crippen MR) is 94.3 cm³/mol. The van der Waals surface area contributed by atoms with Gasteiger partial charge >= 0.3 is 0 Å². The van der Waals surface area contributed by atoms with Crippen molar-refractivity contribution >= 4 is 11.8 Å². The molecule has 2 amide bonds. The lowest BCUT2D eigenvalue weighted by atomic mass is 9.78. The van der Waals surface area contributed by atoms with Gasteiger partial charge in [-0.25, -0.2) is 0 Å². The van der Waals surface area contributed by atoms with Crippen LogP contribution in [0.2, 0.25) is 0 Å². The van der Waals surface area contributed by atoms with Crippen LogP contribution in [-0.4, -0.2) is 29.3 Å². The highest BCUT2D eigenvalue weighted by atomic mass is 16.2. The Morgan fingerprint density at radius 1 is 1.12 bits per heavy atom. The Balaban J connectivity index is 1.71. The monoisotopic (exact) mass is 328 g/mol. The van der Waals surface area contributed by atoms with Gasteiger partial charge in [0, 0.05) is 19.5 Å². The maximum Gasteiger partial charge on any atom is 0.225 e. The second kappa shape index (κ2) is 7.82. The first kappa shape index (κ1) is 17.0.